The van der Waals surface area contributed by atoms with Gasteiger partial charge in [0.05, 0.1) is 12.5 Å². The lowest BCUT2D eigenvalue weighted by Gasteiger charge is -2.50. The summed E-state index contributed by atoms with van der Waals surface area (Å²) in [6.45, 7) is 5.46. The first-order valence-corrected chi connectivity index (χ1v) is 13.3. The molecule has 2 aromatic carbocycles. The van der Waals surface area contributed by atoms with Gasteiger partial charge in [0.2, 0.25) is 11.8 Å². The van der Waals surface area contributed by atoms with E-state index in [0.717, 1.165) is 53.6 Å². The SMILES string of the molecule is CC(C)(C)OC(=O)N1C2CCC(CC2)C1C(=O)NC(C#N)Cc1ccc(-c2ccc3c(c2)CC(=O)N3)cc1. The number of ether oxygens (including phenoxy) is 1. The molecule has 8 nitrogen and oxygen atoms in total. The molecule has 38 heavy (non-hydrogen) atoms. The predicted octanol–water partition coefficient (Wildman–Crippen LogP) is 4.58. The average Bonchev–Trinajstić information content (AvgIpc) is 3.27. The van der Waals surface area contributed by atoms with Crippen LogP contribution in [0, 0.1) is 17.2 Å². The first kappa shape index (κ1) is 25.8. The zero-order valence-electron chi connectivity index (χ0n) is 22.1. The Morgan fingerprint density at radius 1 is 1.11 bits per heavy atom. The van der Waals surface area contributed by atoms with Crippen molar-refractivity contribution in [2.24, 2.45) is 5.92 Å². The third kappa shape index (κ3) is 5.38. The maximum Gasteiger partial charge on any atom is 0.411 e. The van der Waals surface area contributed by atoms with E-state index in [-0.39, 0.29) is 23.8 Å². The molecule has 4 aliphatic rings. The van der Waals surface area contributed by atoms with Crippen LogP contribution in [0.25, 0.3) is 11.1 Å². The highest BCUT2D eigenvalue weighted by Crippen LogP contribution is 2.40. The van der Waals surface area contributed by atoms with Crippen LogP contribution in [-0.2, 0) is 27.2 Å². The van der Waals surface area contributed by atoms with Crippen LogP contribution < -0.4 is 10.6 Å². The summed E-state index contributed by atoms with van der Waals surface area (Å²) in [5.41, 5.74) is 4.16. The third-order valence-electron chi connectivity index (χ3n) is 7.68. The third-order valence-corrected chi connectivity index (χ3v) is 7.68. The van der Waals surface area contributed by atoms with E-state index in [1.165, 1.54) is 0 Å². The zero-order chi connectivity index (χ0) is 27.0. The molecule has 6 rings (SSSR count). The van der Waals surface area contributed by atoms with Crippen molar-refractivity contribution < 1.29 is 19.1 Å². The number of hydrogen-bond acceptors (Lipinski definition) is 5. The quantitative estimate of drug-likeness (QED) is 0.607. The fraction of sp³-hybridized carbons (Fsp3) is 0.467. The van der Waals surface area contributed by atoms with Gasteiger partial charge in [-0.05, 0) is 86.8 Å². The van der Waals surface area contributed by atoms with Gasteiger partial charge in [0, 0.05) is 18.2 Å². The van der Waals surface area contributed by atoms with Gasteiger partial charge in [-0.1, -0.05) is 30.3 Å². The molecule has 8 heteroatoms. The van der Waals surface area contributed by atoms with Gasteiger partial charge in [0.25, 0.3) is 0 Å². The molecule has 2 unspecified atom stereocenters. The minimum Gasteiger partial charge on any atom is -0.444 e. The van der Waals surface area contributed by atoms with Crippen molar-refractivity contribution in [2.45, 2.75) is 83.0 Å². The van der Waals surface area contributed by atoms with Crippen LogP contribution in [0.4, 0.5) is 10.5 Å². The molecule has 0 aromatic heterocycles. The summed E-state index contributed by atoms with van der Waals surface area (Å²) in [6, 6.07) is 14.7. The van der Waals surface area contributed by atoms with Gasteiger partial charge in [-0.3, -0.25) is 14.5 Å². The van der Waals surface area contributed by atoms with E-state index in [2.05, 4.69) is 16.7 Å². The van der Waals surface area contributed by atoms with E-state index >= 15 is 0 Å². The molecule has 2 saturated heterocycles. The number of piperidine rings is 2. The van der Waals surface area contributed by atoms with Gasteiger partial charge in [-0.2, -0.15) is 5.26 Å². The van der Waals surface area contributed by atoms with E-state index < -0.39 is 23.8 Å². The number of anilines is 1. The maximum atomic E-state index is 13.4. The summed E-state index contributed by atoms with van der Waals surface area (Å²) >= 11 is 0. The molecule has 2 atom stereocenters. The van der Waals surface area contributed by atoms with E-state index in [1.54, 1.807) is 4.90 Å². The molecule has 2 aromatic rings. The molecule has 2 N–H and O–H groups in total. The number of rotatable bonds is 5. The largest absolute Gasteiger partial charge is 0.444 e. The Balaban J connectivity index is 1.25. The minimum absolute atomic E-state index is 0.00682. The topological polar surface area (TPSA) is 112 Å². The number of fused-ring (bicyclic) bond motifs is 4. The molecule has 1 aliphatic carbocycles. The highest BCUT2D eigenvalue weighted by molar-refractivity contribution is 5.99. The second-order valence-corrected chi connectivity index (χ2v) is 11.6. The number of nitrogens with zero attached hydrogens (tertiary/aromatic N) is 2. The van der Waals surface area contributed by atoms with Crippen molar-refractivity contribution >= 4 is 23.6 Å². The number of benzene rings is 2. The lowest BCUT2D eigenvalue weighted by Crippen LogP contribution is -2.64. The smallest absolute Gasteiger partial charge is 0.411 e. The predicted molar refractivity (Wildman–Crippen MR) is 143 cm³/mol. The lowest BCUT2D eigenvalue weighted by atomic mass is 9.74. The van der Waals surface area contributed by atoms with Crippen molar-refractivity contribution in [3.05, 3.63) is 53.6 Å². The second-order valence-electron chi connectivity index (χ2n) is 11.6. The molecule has 198 valence electrons. The normalized spacial score (nSPS) is 22.7. The second kappa shape index (κ2) is 10.1. The summed E-state index contributed by atoms with van der Waals surface area (Å²) in [7, 11) is 0. The molecule has 1 saturated carbocycles. The molecule has 3 aliphatic heterocycles. The van der Waals surface area contributed by atoms with E-state index in [4.69, 9.17) is 4.74 Å². The molecular formula is C30H34N4O4. The number of hydrogen-bond donors (Lipinski definition) is 2. The van der Waals surface area contributed by atoms with Crippen LogP contribution in [0.15, 0.2) is 42.5 Å². The Kier molecular flexibility index (Phi) is 6.87. The van der Waals surface area contributed by atoms with Crippen LogP contribution in [0.1, 0.15) is 57.6 Å². The summed E-state index contributed by atoms with van der Waals surface area (Å²) in [4.78, 5) is 39.8. The van der Waals surface area contributed by atoms with Crippen LogP contribution >= 0.6 is 0 Å². The van der Waals surface area contributed by atoms with E-state index in [0.29, 0.717) is 12.8 Å². The summed E-state index contributed by atoms with van der Waals surface area (Å²) < 4.78 is 5.64. The Bertz CT molecular complexity index is 1280. The molecule has 0 radical (unpaired) electrons. The van der Waals surface area contributed by atoms with E-state index in [9.17, 15) is 19.6 Å². The van der Waals surface area contributed by atoms with Gasteiger partial charge in [0.15, 0.2) is 0 Å². The number of amides is 3. The Hall–Kier alpha value is -3.86. The maximum absolute atomic E-state index is 13.4. The summed E-state index contributed by atoms with van der Waals surface area (Å²) in [5, 5.41) is 15.6. The lowest BCUT2D eigenvalue weighted by molar-refractivity contribution is -0.135. The number of carbonyl (C=O) groups is 3. The first-order chi connectivity index (χ1) is 18.1. The highest BCUT2D eigenvalue weighted by atomic mass is 16.6. The molecule has 3 heterocycles. The Labute approximate surface area is 223 Å². The number of nitrogens with one attached hydrogen (secondary N) is 2. The molecule has 3 fully saturated rings. The number of carbonyl (C=O) groups excluding carboxylic acids is 3. The number of nitriles is 1. The summed E-state index contributed by atoms with van der Waals surface area (Å²) in [5.74, 6) is -0.203. The fourth-order valence-corrected chi connectivity index (χ4v) is 5.93. The van der Waals surface area contributed by atoms with Crippen molar-refractivity contribution in [2.75, 3.05) is 5.32 Å². The van der Waals surface area contributed by atoms with Gasteiger partial charge >= 0.3 is 6.09 Å². The van der Waals surface area contributed by atoms with Gasteiger partial charge in [0.1, 0.15) is 17.7 Å². The van der Waals surface area contributed by atoms with Gasteiger partial charge in [-0.25, -0.2) is 4.79 Å². The molecular weight excluding hydrogens is 480 g/mol. The van der Waals surface area contributed by atoms with E-state index in [1.807, 2.05) is 63.2 Å². The highest BCUT2D eigenvalue weighted by Gasteiger charge is 2.49. The monoisotopic (exact) mass is 514 g/mol. The fourth-order valence-electron chi connectivity index (χ4n) is 5.93. The van der Waals surface area contributed by atoms with Crippen molar-refractivity contribution in [1.82, 2.24) is 10.2 Å². The average molecular weight is 515 g/mol. The van der Waals surface area contributed by atoms with Crippen molar-refractivity contribution in [3.63, 3.8) is 0 Å². The standard InChI is InChI=1S/C30H34N4O4/c1-30(2,3)38-29(37)34-24-11-8-20(9-12-24)27(34)28(36)32-23(17-31)14-18-4-6-19(7-5-18)21-10-13-25-22(15-21)16-26(35)33-25/h4-7,10,13,15,20,23-24,27H,8-9,11-12,14,16H2,1-3H3,(H,32,36)(H,33,35). The molecule has 3 amide bonds. The van der Waals surface area contributed by atoms with Crippen molar-refractivity contribution in [3.8, 4) is 17.2 Å². The Morgan fingerprint density at radius 3 is 2.45 bits per heavy atom. The summed E-state index contributed by atoms with van der Waals surface area (Å²) in [6.07, 6.45) is 3.83. The van der Waals surface area contributed by atoms with Crippen LogP contribution in [0.3, 0.4) is 0 Å². The minimum atomic E-state index is -0.716. The van der Waals surface area contributed by atoms with Gasteiger partial charge < -0.3 is 15.4 Å². The van der Waals surface area contributed by atoms with Crippen LogP contribution in [0.2, 0.25) is 0 Å². The van der Waals surface area contributed by atoms with Crippen LogP contribution in [-0.4, -0.2) is 46.5 Å². The molecule has 2 bridgehead atoms. The van der Waals surface area contributed by atoms with Crippen LogP contribution in [0.5, 0.6) is 0 Å². The van der Waals surface area contributed by atoms with Crippen molar-refractivity contribution in [1.29, 1.82) is 5.26 Å². The molecule has 0 spiro atoms. The zero-order valence-corrected chi connectivity index (χ0v) is 22.1. The Morgan fingerprint density at radius 2 is 1.79 bits per heavy atom. The van der Waals surface area contributed by atoms with Gasteiger partial charge in [-0.15, -0.1) is 0 Å². The first-order valence-electron chi connectivity index (χ1n) is 13.3.